The molecule has 6 nitrogen and oxygen atoms in total. The molecular weight excluding hydrogens is 342 g/mol. The minimum absolute atomic E-state index is 0.297. The van der Waals surface area contributed by atoms with Crippen molar-refractivity contribution in [3.05, 3.63) is 76.3 Å². The van der Waals surface area contributed by atoms with Crippen molar-refractivity contribution in [3.63, 3.8) is 0 Å². The van der Waals surface area contributed by atoms with E-state index in [2.05, 4.69) is 10.3 Å². The number of benzene rings is 2. The molecule has 0 fully saturated rings. The molecule has 4 rings (SSSR count). The zero-order chi connectivity index (χ0) is 19.0. The molecule has 0 saturated carbocycles. The molecule has 0 unspecified atom stereocenters. The summed E-state index contributed by atoms with van der Waals surface area (Å²) < 4.78 is 5.22. The van der Waals surface area contributed by atoms with Gasteiger partial charge in [0, 0.05) is 40.3 Å². The monoisotopic (exact) mass is 361 g/mol. The maximum atomic E-state index is 12.5. The first-order chi connectivity index (χ1) is 13.0. The molecule has 2 aromatic heterocycles. The first kappa shape index (κ1) is 17.1. The second kappa shape index (κ2) is 6.74. The van der Waals surface area contributed by atoms with Gasteiger partial charge in [-0.2, -0.15) is 0 Å². The predicted octanol–water partition coefficient (Wildman–Crippen LogP) is 3.09. The van der Waals surface area contributed by atoms with E-state index in [1.165, 1.54) is 6.07 Å². The third kappa shape index (κ3) is 3.35. The van der Waals surface area contributed by atoms with Gasteiger partial charge >= 0.3 is 5.63 Å². The molecule has 0 saturated heterocycles. The Morgan fingerprint density at radius 1 is 1.19 bits per heavy atom. The maximum Gasteiger partial charge on any atom is 0.336 e. The number of nitrogens with two attached hydrogens (primary N) is 1. The number of carbonyl (C=O) groups excluding carboxylic acids is 1. The van der Waals surface area contributed by atoms with E-state index in [0.717, 1.165) is 27.4 Å². The van der Waals surface area contributed by atoms with Crippen LogP contribution in [0.5, 0.6) is 0 Å². The molecule has 1 atom stereocenters. The van der Waals surface area contributed by atoms with Crippen molar-refractivity contribution < 1.29 is 9.21 Å². The Balaban J connectivity index is 1.53. The van der Waals surface area contributed by atoms with Crippen LogP contribution >= 0.6 is 0 Å². The lowest BCUT2D eigenvalue weighted by atomic mass is 10.0. The summed E-state index contributed by atoms with van der Waals surface area (Å²) in [6, 6.07) is 13.8. The van der Waals surface area contributed by atoms with E-state index in [4.69, 9.17) is 10.2 Å². The molecule has 0 bridgehead atoms. The highest BCUT2D eigenvalue weighted by atomic mass is 16.4. The van der Waals surface area contributed by atoms with Crippen LogP contribution in [-0.4, -0.2) is 16.9 Å². The van der Waals surface area contributed by atoms with Gasteiger partial charge in [-0.1, -0.05) is 18.2 Å². The molecule has 0 radical (unpaired) electrons. The van der Waals surface area contributed by atoms with Crippen LogP contribution in [-0.2, 0) is 11.2 Å². The quantitative estimate of drug-likeness (QED) is 0.486. The number of nitrogens with one attached hydrogen (secondary N) is 2. The van der Waals surface area contributed by atoms with E-state index in [1.54, 1.807) is 12.1 Å². The van der Waals surface area contributed by atoms with Gasteiger partial charge in [-0.15, -0.1) is 0 Å². The van der Waals surface area contributed by atoms with Crippen LogP contribution in [0.3, 0.4) is 0 Å². The molecule has 27 heavy (non-hydrogen) atoms. The van der Waals surface area contributed by atoms with E-state index in [0.29, 0.717) is 17.7 Å². The van der Waals surface area contributed by atoms with Gasteiger partial charge in [-0.3, -0.25) is 4.79 Å². The average Bonchev–Trinajstić information content (AvgIpc) is 3.04. The van der Waals surface area contributed by atoms with Crippen molar-refractivity contribution in [3.8, 4) is 0 Å². The topological polar surface area (TPSA) is 101 Å². The van der Waals surface area contributed by atoms with Gasteiger partial charge in [0.25, 0.3) is 0 Å². The summed E-state index contributed by atoms with van der Waals surface area (Å²) in [5.74, 6) is -0.297. The Morgan fingerprint density at radius 2 is 2.00 bits per heavy atom. The molecule has 4 aromatic rings. The molecule has 0 spiro atoms. The average molecular weight is 361 g/mol. The zero-order valence-electron chi connectivity index (χ0n) is 14.8. The number of hydrogen-bond donors (Lipinski definition) is 3. The summed E-state index contributed by atoms with van der Waals surface area (Å²) in [4.78, 5) is 27.2. The summed E-state index contributed by atoms with van der Waals surface area (Å²) in [6.07, 6.45) is 2.29. The SMILES string of the molecule is Cc1cc(=O)oc2cc(NC(=O)[C@@H](N)Cc3c[nH]c4ccccc34)ccc12. The molecule has 2 heterocycles. The Kier molecular flexibility index (Phi) is 4.25. The van der Waals surface area contributed by atoms with Crippen LogP contribution in [0, 0.1) is 6.92 Å². The molecule has 0 aliphatic heterocycles. The fraction of sp³-hybridized carbons (Fsp3) is 0.143. The number of carbonyl (C=O) groups is 1. The van der Waals surface area contributed by atoms with Crippen LogP contribution in [0.2, 0.25) is 0 Å². The lowest BCUT2D eigenvalue weighted by molar-refractivity contribution is -0.117. The van der Waals surface area contributed by atoms with Crippen molar-refractivity contribution in [1.29, 1.82) is 0 Å². The Bertz CT molecular complexity index is 1210. The fourth-order valence-electron chi connectivity index (χ4n) is 3.27. The predicted molar refractivity (Wildman–Crippen MR) is 106 cm³/mol. The molecule has 0 aliphatic carbocycles. The number of amides is 1. The highest BCUT2D eigenvalue weighted by Gasteiger charge is 2.17. The molecule has 1 amide bonds. The number of aromatic amines is 1. The zero-order valence-corrected chi connectivity index (χ0v) is 14.8. The van der Waals surface area contributed by atoms with E-state index in [9.17, 15) is 9.59 Å². The van der Waals surface area contributed by atoms with Crippen LogP contribution in [0.25, 0.3) is 21.9 Å². The lowest BCUT2D eigenvalue weighted by Gasteiger charge is -2.12. The number of aryl methyl sites for hydroxylation is 1. The second-order valence-electron chi connectivity index (χ2n) is 6.62. The summed E-state index contributed by atoms with van der Waals surface area (Å²) in [7, 11) is 0. The Labute approximate surface area is 155 Å². The third-order valence-electron chi connectivity index (χ3n) is 4.67. The largest absolute Gasteiger partial charge is 0.423 e. The van der Waals surface area contributed by atoms with Crippen LogP contribution in [0.15, 0.2) is 63.9 Å². The van der Waals surface area contributed by atoms with E-state index < -0.39 is 11.7 Å². The summed E-state index contributed by atoms with van der Waals surface area (Å²) in [5, 5.41) is 4.69. The van der Waals surface area contributed by atoms with Crippen LogP contribution in [0.1, 0.15) is 11.1 Å². The van der Waals surface area contributed by atoms with Gasteiger partial charge in [0.2, 0.25) is 5.91 Å². The van der Waals surface area contributed by atoms with Gasteiger partial charge in [0.15, 0.2) is 0 Å². The van der Waals surface area contributed by atoms with Gasteiger partial charge in [-0.05, 0) is 42.7 Å². The van der Waals surface area contributed by atoms with Crippen LogP contribution in [0.4, 0.5) is 5.69 Å². The number of aromatic nitrogens is 1. The molecule has 6 heteroatoms. The summed E-state index contributed by atoms with van der Waals surface area (Å²) in [5.41, 5.74) is 9.50. The number of rotatable bonds is 4. The number of H-pyrrole nitrogens is 1. The van der Waals surface area contributed by atoms with Crippen molar-refractivity contribution in [2.24, 2.45) is 5.73 Å². The summed E-state index contributed by atoms with van der Waals surface area (Å²) >= 11 is 0. The number of fused-ring (bicyclic) bond motifs is 2. The first-order valence-electron chi connectivity index (χ1n) is 8.67. The van der Waals surface area contributed by atoms with Gasteiger partial charge in [0.05, 0.1) is 6.04 Å². The van der Waals surface area contributed by atoms with Crippen LogP contribution < -0.4 is 16.7 Å². The number of hydrogen-bond acceptors (Lipinski definition) is 4. The van der Waals surface area contributed by atoms with Crippen molar-refractivity contribution >= 4 is 33.5 Å². The normalized spacial score (nSPS) is 12.4. The minimum atomic E-state index is -0.704. The summed E-state index contributed by atoms with van der Waals surface area (Å²) in [6.45, 7) is 1.84. The van der Waals surface area contributed by atoms with Crippen molar-refractivity contribution in [1.82, 2.24) is 4.98 Å². The number of anilines is 1. The smallest absolute Gasteiger partial charge is 0.336 e. The molecule has 2 aromatic carbocycles. The maximum absolute atomic E-state index is 12.5. The molecule has 0 aliphatic rings. The molecule has 136 valence electrons. The van der Waals surface area contributed by atoms with Gasteiger partial charge in [-0.25, -0.2) is 4.79 Å². The standard InChI is InChI=1S/C21H19N3O3/c1-12-8-20(25)27-19-10-14(6-7-15(12)19)24-21(26)17(22)9-13-11-23-18-5-3-2-4-16(13)18/h2-8,10-11,17,23H,9,22H2,1H3,(H,24,26)/t17-/m0/s1. The third-order valence-corrected chi connectivity index (χ3v) is 4.67. The van der Waals surface area contributed by atoms with Crippen molar-refractivity contribution in [2.45, 2.75) is 19.4 Å². The Hall–Kier alpha value is -3.38. The Morgan fingerprint density at radius 3 is 2.85 bits per heavy atom. The minimum Gasteiger partial charge on any atom is -0.423 e. The first-order valence-corrected chi connectivity index (χ1v) is 8.67. The van der Waals surface area contributed by atoms with E-state index >= 15 is 0 Å². The molecular formula is C21H19N3O3. The van der Waals surface area contributed by atoms with Gasteiger partial charge in [0.1, 0.15) is 5.58 Å². The second-order valence-corrected chi connectivity index (χ2v) is 6.62. The van der Waals surface area contributed by atoms with E-state index in [1.807, 2.05) is 43.5 Å². The lowest BCUT2D eigenvalue weighted by Crippen LogP contribution is -2.37. The van der Waals surface area contributed by atoms with E-state index in [-0.39, 0.29) is 5.91 Å². The molecule has 4 N–H and O–H groups in total. The fourth-order valence-corrected chi connectivity index (χ4v) is 3.27. The number of para-hydroxylation sites is 1. The highest BCUT2D eigenvalue weighted by Crippen LogP contribution is 2.22. The van der Waals surface area contributed by atoms with Gasteiger partial charge < -0.3 is 20.5 Å². The highest BCUT2D eigenvalue weighted by molar-refractivity contribution is 5.97. The van der Waals surface area contributed by atoms with Crippen molar-refractivity contribution in [2.75, 3.05) is 5.32 Å².